The Balaban J connectivity index is 1.70. The molecule has 0 aliphatic heterocycles. The van der Waals surface area contributed by atoms with Crippen LogP contribution < -0.4 is 9.46 Å². The van der Waals surface area contributed by atoms with Crippen LogP contribution in [0, 0.1) is 23.0 Å². The van der Waals surface area contributed by atoms with Gasteiger partial charge in [0.05, 0.1) is 16.2 Å². The van der Waals surface area contributed by atoms with Gasteiger partial charge in [0.15, 0.2) is 22.4 Å². The number of nitriles is 1. The van der Waals surface area contributed by atoms with E-state index in [2.05, 4.69) is 14.8 Å². The number of sulfonamides is 1. The Morgan fingerprint density at radius 2 is 1.89 bits per heavy atom. The van der Waals surface area contributed by atoms with E-state index in [0.717, 1.165) is 40.3 Å². The van der Waals surface area contributed by atoms with Crippen molar-refractivity contribution in [3.8, 4) is 28.8 Å². The molecule has 0 atom stereocenters. The Morgan fingerprint density at radius 3 is 2.50 bits per heavy atom. The molecule has 0 aliphatic carbocycles. The van der Waals surface area contributed by atoms with Crippen molar-refractivity contribution in [2.75, 3.05) is 4.72 Å². The Bertz CT molecular complexity index is 1590. The smallest absolute Gasteiger partial charge is 0.435 e. The summed E-state index contributed by atoms with van der Waals surface area (Å²) in [6.07, 6.45) is -3.37. The highest BCUT2D eigenvalue weighted by molar-refractivity contribution is 7.93. The Labute approximate surface area is 204 Å². The molecule has 0 amide bonds. The first-order chi connectivity index (χ1) is 16.9. The highest BCUT2D eigenvalue weighted by atomic mass is 32.2. The minimum absolute atomic E-state index is 0.0899. The van der Waals surface area contributed by atoms with E-state index in [1.165, 1.54) is 13.2 Å². The maximum absolute atomic E-state index is 14.5. The van der Waals surface area contributed by atoms with Gasteiger partial charge in [0.2, 0.25) is 5.82 Å². The van der Waals surface area contributed by atoms with Crippen molar-refractivity contribution >= 4 is 26.5 Å². The molecule has 1 N–H and O–H groups in total. The van der Waals surface area contributed by atoms with Gasteiger partial charge in [-0.05, 0) is 36.4 Å². The molecule has 4 rings (SSSR count). The molecule has 36 heavy (non-hydrogen) atoms. The van der Waals surface area contributed by atoms with Gasteiger partial charge < -0.3 is 4.74 Å². The molecule has 2 aromatic heterocycles. The number of hydrogen-bond acceptors (Lipinski definition) is 7. The summed E-state index contributed by atoms with van der Waals surface area (Å²) >= 11 is 1.03. The van der Waals surface area contributed by atoms with Crippen LogP contribution in [0.5, 0.6) is 11.5 Å². The van der Waals surface area contributed by atoms with Crippen LogP contribution in [0.3, 0.4) is 0 Å². The first kappa shape index (κ1) is 25.1. The number of aryl methyl sites for hydroxylation is 1. The van der Waals surface area contributed by atoms with Crippen LogP contribution in [0.15, 0.2) is 52.9 Å². The first-order valence-corrected chi connectivity index (χ1v) is 12.0. The molecule has 0 aliphatic rings. The molecule has 0 fully saturated rings. The van der Waals surface area contributed by atoms with Gasteiger partial charge in [0.1, 0.15) is 11.8 Å². The highest BCUT2D eigenvalue weighted by Gasteiger charge is 2.35. The second kappa shape index (κ2) is 9.21. The lowest BCUT2D eigenvalue weighted by Gasteiger charge is -2.12. The molecule has 2 aromatic carbocycles. The van der Waals surface area contributed by atoms with Crippen LogP contribution in [-0.4, -0.2) is 23.2 Å². The molecule has 15 heteroatoms. The van der Waals surface area contributed by atoms with Crippen LogP contribution in [0.2, 0.25) is 0 Å². The molecule has 0 spiro atoms. The van der Waals surface area contributed by atoms with Crippen molar-refractivity contribution in [1.29, 1.82) is 5.26 Å². The third-order valence-corrected chi connectivity index (χ3v) is 6.87. The third-order valence-electron chi connectivity index (χ3n) is 4.72. The average molecular weight is 541 g/mol. The SMILES string of the molecule is Cn1nc(C(F)(F)F)cc1-c1cc(F)c(F)c(Oc2ccc(S(=O)(=O)Nc3nccs3)cc2C#N)c1. The fourth-order valence-corrected chi connectivity index (χ4v) is 4.90. The average Bonchev–Trinajstić information content (AvgIpc) is 3.45. The van der Waals surface area contributed by atoms with E-state index in [4.69, 9.17) is 4.74 Å². The predicted octanol–water partition coefficient (Wildman–Crippen LogP) is 5.31. The molecular weight excluding hydrogens is 529 g/mol. The normalized spacial score (nSPS) is 11.8. The van der Waals surface area contributed by atoms with Crippen LogP contribution in [0.4, 0.5) is 27.1 Å². The summed E-state index contributed by atoms with van der Waals surface area (Å²) in [7, 11) is -2.93. The van der Waals surface area contributed by atoms with Crippen LogP contribution in [0.1, 0.15) is 11.3 Å². The number of benzene rings is 2. The van der Waals surface area contributed by atoms with Gasteiger partial charge >= 0.3 is 6.18 Å². The molecule has 0 saturated carbocycles. The van der Waals surface area contributed by atoms with Crippen molar-refractivity contribution in [3.63, 3.8) is 0 Å². The summed E-state index contributed by atoms with van der Waals surface area (Å²) in [5.41, 5.74) is -1.93. The third kappa shape index (κ3) is 4.99. The molecule has 4 aromatic rings. The summed E-state index contributed by atoms with van der Waals surface area (Å²) in [4.78, 5) is 3.49. The largest absolute Gasteiger partial charge is 0.453 e. The quantitative estimate of drug-likeness (QED) is 0.332. The van der Waals surface area contributed by atoms with Crippen LogP contribution in [-0.2, 0) is 23.2 Å². The molecule has 186 valence electrons. The van der Waals surface area contributed by atoms with Crippen LogP contribution >= 0.6 is 11.3 Å². The summed E-state index contributed by atoms with van der Waals surface area (Å²) in [6.45, 7) is 0. The van der Waals surface area contributed by atoms with Gasteiger partial charge in [-0.1, -0.05) is 0 Å². The van der Waals surface area contributed by atoms with Gasteiger partial charge in [-0.2, -0.15) is 27.9 Å². The number of thiazole rings is 1. The lowest BCUT2D eigenvalue weighted by Crippen LogP contribution is -2.13. The maximum Gasteiger partial charge on any atom is 0.435 e. The Morgan fingerprint density at radius 1 is 1.14 bits per heavy atom. The second-order valence-electron chi connectivity index (χ2n) is 7.12. The molecule has 0 bridgehead atoms. The number of halogens is 5. The van der Waals surface area contributed by atoms with E-state index < -0.39 is 39.3 Å². The molecule has 0 unspecified atom stereocenters. The number of nitrogens with zero attached hydrogens (tertiary/aromatic N) is 4. The summed E-state index contributed by atoms with van der Waals surface area (Å²) in [5.74, 6) is -3.96. The molecule has 0 saturated heterocycles. The fourth-order valence-electron chi connectivity index (χ4n) is 3.08. The minimum atomic E-state index is -4.76. The zero-order valence-corrected chi connectivity index (χ0v) is 19.5. The second-order valence-corrected chi connectivity index (χ2v) is 9.70. The van der Waals surface area contributed by atoms with E-state index in [1.807, 2.05) is 0 Å². The number of hydrogen-bond donors (Lipinski definition) is 1. The number of alkyl halides is 3. The summed E-state index contributed by atoms with van der Waals surface area (Å²) < 4.78 is 101. The topological polar surface area (TPSA) is 110 Å². The molecule has 2 heterocycles. The molecule has 8 nitrogen and oxygen atoms in total. The fraction of sp³-hybridized carbons (Fsp3) is 0.0952. The number of rotatable bonds is 6. The van der Waals surface area contributed by atoms with Crippen LogP contribution in [0.25, 0.3) is 11.3 Å². The lowest BCUT2D eigenvalue weighted by molar-refractivity contribution is -0.141. The molecular formula is C21H12F5N5O3S2. The van der Waals surface area contributed by atoms with E-state index >= 15 is 0 Å². The zero-order valence-electron chi connectivity index (χ0n) is 17.8. The minimum Gasteiger partial charge on any atom is -0.453 e. The van der Waals surface area contributed by atoms with Gasteiger partial charge in [0.25, 0.3) is 10.0 Å². The van der Waals surface area contributed by atoms with Crippen molar-refractivity contribution in [2.24, 2.45) is 7.05 Å². The molecule has 0 radical (unpaired) electrons. The van der Waals surface area contributed by atoms with Crippen molar-refractivity contribution in [3.05, 3.63) is 70.9 Å². The van der Waals surface area contributed by atoms with Gasteiger partial charge in [0, 0.05) is 24.2 Å². The van der Waals surface area contributed by atoms with Gasteiger partial charge in [-0.25, -0.2) is 17.8 Å². The lowest BCUT2D eigenvalue weighted by atomic mass is 10.1. The van der Waals surface area contributed by atoms with Gasteiger partial charge in [-0.3, -0.25) is 9.40 Å². The Kier molecular flexibility index (Phi) is 6.41. The Hall–Kier alpha value is -4.03. The summed E-state index contributed by atoms with van der Waals surface area (Å²) in [6, 6.07) is 7.07. The standard InChI is InChI=1S/C21H12F5N5O3S2/c1-31-15(9-18(29-31)21(24,25)26)11-7-14(22)19(23)17(8-11)34-16-3-2-13(6-12(16)10-27)36(32,33)30-20-28-4-5-35-20/h2-9H,1H3,(H,28,30). The van der Waals surface area contributed by atoms with E-state index in [-0.39, 0.29) is 32.6 Å². The van der Waals surface area contributed by atoms with E-state index in [0.29, 0.717) is 12.1 Å². The maximum atomic E-state index is 14.5. The van der Waals surface area contributed by atoms with Gasteiger partial charge in [-0.15, -0.1) is 11.3 Å². The number of nitrogens with one attached hydrogen (secondary N) is 1. The van der Waals surface area contributed by atoms with E-state index in [1.54, 1.807) is 11.4 Å². The van der Waals surface area contributed by atoms with Crippen molar-refractivity contribution in [1.82, 2.24) is 14.8 Å². The highest BCUT2D eigenvalue weighted by Crippen LogP contribution is 2.36. The first-order valence-electron chi connectivity index (χ1n) is 9.64. The number of ether oxygens (including phenoxy) is 1. The predicted molar refractivity (Wildman–Crippen MR) is 118 cm³/mol. The monoisotopic (exact) mass is 541 g/mol. The number of aromatic nitrogens is 3. The van der Waals surface area contributed by atoms with Crippen molar-refractivity contribution in [2.45, 2.75) is 11.1 Å². The zero-order chi connectivity index (χ0) is 26.3. The summed E-state index contributed by atoms with van der Waals surface area (Å²) in [5, 5.41) is 14.4. The van der Waals surface area contributed by atoms with Crippen molar-refractivity contribution < 1.29 is 35.1 Å². The van der Waals surface area contributed by atoms with E-state index in [9.17, 15) is 35.6 Å². The number of anilines is 1.